The second kappa shape index (κ2) is 9.75. The number of hydrogen-bond donors (Lipinski definition) is 3. The summed E-state index contributed by atoms with van der Waals surface area (Å²) in [6.07, 6.45) is 0.121. The molecule has 30 heavy (non-hydrogen) atoms. The molecule has 0 saturated heterocycles. The lowest BCUT2D eigenvalue weighted by molar-refractivity contribution is -0.116. The van der Waals surface area contributed by atoms with Crippen LogP contribution in [0.5, 0.6) is 0 Å². The van der Waals surface area contributed by atoms with Gasteiger partial charge in [-0.1, -0.05) is 32.9 Å². The van der Waals surface area contributed by atoms with E-state index in [1.807, 2.05) is 12.1 Å². The Hall–Kier alpha value is -2.87. The largest absolute Gasteiger partial charge is 0.352 e. The molecule has 0 aromatic heterocycles. The molecule has 2 amide bonds. The Kier molecular flexibility index (Phi) is 7.61. The highest BCUT2D eigenvalue weighted by molar-refractivity contribution is 7.92. The molecule has 0 spiro atoms. The van der Waals surface area contributed by atoms with E-state index in [0.717, 1.165) is 5.56 Å². The standard InChI is InChI=1S/C22H29N3O4S/c1-5-30(28,29)25-19-12-10-18(11-13-19)24-20(26)14-15-23-21(27)16-6-8-17(9-7-16)22(2,3)4/h6-13,25H,5,14-15H2,1-4H3,(H,23,27)(H,24,26). The lowest BCUT2D eigenvalue weighted by Gasteiger charge is -2.19. The van der Waals surface area contributed by atoms with Gasteiger partial charge < -0.3 is 10.6 Å². The predicted octanol–water partition coefficient (Wildman–Crippen LogP) is 3.50. The Morgan fingerprint density at radius 1 is 0.900 bits per heavy atom. The van der Waals surface area contributed by atoms with E-state index in [1.54, 1.807) is 43.3 Å². The molecule has 0 fully saturated rings. The zero-order valence-corrected chi connectivity index (χ0v) is 18.6. The summed E-state index contributed by atoms with van der Waals surface area (Å²) in [5.41, 5.74) is 2.69. The first-order valence-electron chi connectivity index (χ1n) is 9.79. The van der Waals surface area contributed by atoms with Gasteiger partial charge in [0.15, 0.2) is 0 Å². The van der Waals surface area contributed by atoms with E-state index in [4.69, 9.17) is 0 Å². The third-order valence-corrected chi connectivity index (χ3v) is 5.78. The Balaban J connectivity index is 1.80. The van der Waals surface area contributed by atoms with Crippen molar-refractivity contribution >= 4 is 33.2 Å². The van der Waals surface area contributed by atoms with E-state index in [-0.39, 0.29) is 35.9 Å². The van der Waals surface area contributed by atoms with Crippen LogP contribution >= 0.6 is 0 Å². The van der Waals surface area contributed by atoms with Crippen molar-refractivity contribution in [3.8, 4) is 0 Å². The van der Waals surface area contributed by atoms with Gasteiger partial charge in [-0.2, -0.15) is 0 Å². The van der Waals surface area contributed by atoms with Gasteiger partial charge in [-0.15, -0.1) is 0 Å². The van der Waals surface area contributed by atoms with Crippen LogP contribution in [0, 0.1) is 0 Å². The summed E-state index contributed by atoms with van der Waals surface area (Å²) < 4.78 is 25.5. The quantitative estimate of drug-likeness (QED) is 0.595. The molecule has 2 rings (SSSR count). The molecule has 7 nitrogen and oxygen atoms in total. The summed E-state index contributed by atoms with van der Waals surface area (Å²) in [4.78, 5) is 24.3. The first-order chi connectivity index (χ1) is 14.0. The minimum Gasteiger partial charge on any atom is -0.352 e. The maximum atomic E-state index is 12.2. The number of benzene rings is 2. The van der Waals surface area contributed by atoms with Crippen molar-refractivity contribution in [2.24, 2.45) is 0 Å². The number of amides is 2. The van der Waals surface area contributed by atoms with Gasteiger partial charge in [-0.25, -0.2) is 8.42 Å². The maximum Gasteiger partial charge on any atom is 0.251 e. The molecule has 3 N–H and O–H groups in total. The number of hydrogen-bond acceptors (Lipinski definition) is 4. The van der Waals surface area contributed by atoms with E-state index in [0.29, 0.717) is 16.9 Å². The molecule has 0 atom stereocenters. The lowest BCUT2D eigenvalue weighted by Crippen LogP contribution is -2.27. The van der Waals surface area contributed by atoms with Crippen LogP contribution in [0.15, 0.2) is 48.5 Å². The van der Waals surface area contributed by atoms with Crippen LogP contribution in [0.4, 0.5) is 11.4 Å². The van der Waals surface area contributed by atoms with Crippen LogP contribution in [0.2, 0.25) is 0 Å². The molecule has 0 aliphatic heterocycles. The van der Waals surface area contributed by atoms with Gasteiger partial charge >= 0.3 is 0 Å². The molecule has 8 heteroatoms. The summed E-state index contributed by atoms with van der Waals surface area (Å²) >= 11 is 0. The SMILES string of the molecule is CCS(=O)(=O)Nc1ccc(NC(=O)CCNC(=O)c2ccc(C(C)(C)C)cc2)cc1. The molecule has 162 valence electrons. The number of carbonyl (C=O) groups excluding carboxylic acids is 2. The molecule has 2 aromatic carbocycles. The first kappa shape index (κ1) is 23.4. The molecular weight excluding hydrogens is 402 g/mol. The van der Waals surface area contributed by atoms with Gasteiger partial charge in [-0.3, -0.25) is 14.3 Å². The van der Waals surface area contributed by atoms with Gasteiger partial charge in [-0.05, 0) is 54.3 Å². The third kappa shape index (κ3) is 7.18. The summed E-state index contributed by atoms with van der Waals surface area (Å²) in [5, 5.41) is 5.45. The van der Waals surface area contributed by atoms with Crippen molar-refractivity contribution in [1.82, 2.24) is 5.32 Å². The monoisotopic (exact) mass is 431 g/mol. The molecule has 0 aliphatic carbocycles. The molecule has 0 saturated carbocycles. The molecule has 0 unspecified atom stereocenters. The average Bonchev–Trinajstić information content (AvgIpc) is 2.68. The normalized spacial score (nSPS) is 11.6. The number of carbonyl (C=O) groups is 2. The molecule has 0 bridgehead atoms. The Morgan fingerprint density at radius 2 is 1.47 bits per heavy atom. The fourth-order valence-electron chi connectivity index (χ4n) is 2.61. The lowest BCUT2D eigenvalue weighted by atomic mass is 9.87. The molecule has 0 heterocycles. The van der Waals surface area contributed by atoms with Gasteiger partial charge in [0.1, 0.15) is 0 Å². The number of rotatable bonds is 8. The number of nitrogens with one attached hydrogen (secondary N) is 3. The van der Waals surface area contributed by atoms with E-state index in [1.165, 1.54) is 0 Å². The molecule has 0 aliphatic rings. The zero-order chi connectivity index (χ0) is 22.4. The van der Waals surface area contributed by atoms with E-state index in [2.05, 4.69) is 36.1 Å². The average molecular weight is 432 g/mol. The second-order valence-corrected chi connectivity index (χ2v) is 9.98. The van der Waals surface area contributed by atoms with E-state index < -0.39 is 10.0 Å². The topological polar surface area (TPSA) is 104 Å². The summed E-state index contributed by atoms with van der Waals surface area (Å²) in [6, 6.07) is 13.8. The van der Waals surface area contributed by atoms with Crippen LogP contribution in [0.3, 0.4) is 0 Å². The van der Waals surface area contributed by atoms with Crippen molar-refractivity contribution < 1.29 is 18.0 Å². The zero-order valence-electron chi connectivity index (χ0n) is 17.8. The predicted molar refractivity (Wildman–Crippen MR) is 120 cm³/mol. The number of sulfonamides is 1. The highest BCUT2D eigenvalue weighted by atomic mass is 32.2. The maximum absolute atomic E-state index is 12.2. The molecule has 0 radical (unpaired) electrons. The molecule has 2 aromatic rings. The van der Waals surface area contributed by atoms with Gasteiger partial charge in [0.2, 0.25) is 15.9 Å². The van der Waals surface area contributed by atoms with Crippen LogP contribution in [0.25, 0.3) is 0 Å². The number of anilines is 2. The fraction of sp³-hybridized carbons (Fsp3) is 0.364. The van der Waals surface area contributed by atoms with Crippen molar-refractivity contribution in [1.29, 1.82) is 0 Å². The summed E-state index contributed by atoms with van der Waals surface area (Å²) in [6.45, 7) is 8.09. The van der Waals surface area contributed by atoms with E-state index >= 15 is 0 Å². The minimum atomic E-state index is -3.34. The first-order valence-corrected chi connectivity index (χ1v) is 11.4. The van der Waals surface area contributed by atoms with Gasteiger partial charge in [0, 0.05) is 29.9 Å². The van der Waals surface area contributed by atoms with Crippen molar-refractivity contribution in [2.75, 3.05) is 22.3 Å². The van der Waals surface area contributed by atoms with Gasteiger partial charge in [0.05, 0.1) is 5.75 Å². The Morgan fingerprint density at radius 3 is 2.00 bits per heavy atom. The van der Waals surface area contributed by atoms with Gasteiger partial charge in [0.25, 0.3) is 5.91 Å². The smallest absolute Gasteiger partial charge is 0.251 e. The summed E-state index contributed by atoms with van der Waals surface area (Å²) in [5.74, 6) is -0.492. The van der Waals surface area contributed by atoms with Crippen molar-refractivity contribution in [3.05, 3.63) is 59.7 Å². The van der Waals surface area contributed by atoms with Crippen LogP contribution in [-0.2, 0) is 20.2 Å². The van der Waals surface area contributed by atoms with Crippen molar-refractivity contribution in [3.63, 3.8) is 0 Å². The van der Waals surface area contributed by atoms with Crippen LogP contribution in [-0.4, -0.2) is 32.5 Å². The van der Waals surface area contributed by atoms with Crippen molar-refractivity contribution in [2.45, 2.75) is 39.5 Å². The molecular formula is C22H29N3O4S. The second-order valence-electron chi connectivity index (χ2n) is 7.96. The van der Waals surface area contributed by atoms with Crippen LogP contribution in [0.1, 0.15) is 50.0 Å². The summed E-state index contributed by atoms with van der Waals surface area (Å²) in [7, 11) is -3.34. The van der Waals surface area contributed by atoms with Crippen LogP contribution < -0.4 is 15.4 Å². The Bertz CT molecular complexity index is 977. The highest BCUT2D eigenvalue weighted by Crippen LogP contribution is 2.22. The fourth-order valence-corrected chi connectivity index (χ4v) is 3.25. The minimum absolute atomic E-state index is 0.0159. The van der Waals surface area contributed by atoms with E-state index in [9.17, 15) is 18.0 Å². The Labute approximate surface area is 178 Å². The third-order valence-electron chi connectivity index (χ3n) is 4.47. The highest BCUT2D eigenvalue weighted by Gasteiger charge is 2.14.